The first-order valence-corrected chi connectivity index (χ1v) is 6.82. The summed E-state index contributed by atoms with van der Waals surface area (Å²) in [4.78, 5) is 16.4. The number of halogens is 3. The average molecular weight is 318 g/mol. The van der Waals surface area contributed by atoms with Crippen molar-refractivity contribution < 1.29 is 9.18 Å². The lowest BCUT2D eigenvalue weighted by atomic mass is 9.92. The fraction of sp³-hybridized carbons (Fsp3) is 0.385. The van der Waals surface area contributed by atoms with Gasteiger partial charge in [-0.15, -0.1) is 0 Å². The minimum absolute atomic E-state index is 0.0116. The molecule has 0 spiro atoms. The molecule has 1 amide bonds. The molecule has 2 rings (SSSR count). The molecule has 0 aliphatic carbocycles. The van der Waals surface area contributed by atoms with Gasteiger partial charge >= 0.3 is 0 Å². The molecule has 4 nitrogen and oxygen atoms in total. The molecule has 1 unspecified atom stereocenters. The van der Waals surface area contributed by atoms with Crippen molar-refractivity contribution in [2.24, 2.45) is 4.99 Å². The lowest BCUT2D eigenvalue weighted by molar-refractivity contribution is -0.123. The summed E-state index contributed by atoms with van der Waals surface area (Å²) in [5, 5.41) is 5.70. The summed E-state index contributed by atoms with van der Waals surface area (Å²) >= 11 is 11.7. The molecule has 1 aromatic rings. The molecule has 1 aliphatic rings. The van der Waals surface area contributed by atoms with Crippen LogP contribution in [0.4, 0.5) is 4.39 Å². The number of carbonyl (C=O) groups excluding carboxylic acids is 1. The molecule has 20 heavy (non-hydrogen) atoms. The van der Waals surface area contributed by atoms with Crippen molar-refractivity contribution in [2.45, 2.75) is 32.4 Å². The summed E-state index contributed by atoms with van der Waals surface area (Å²) in [5.74, 6) is -0.629. The second-order valence-corrected chi connectivity index (χ2v) is 5.84. The largest absolute Gasteiger partial charge is 0.338 e. The van der Waals surface area contributed by atoms with E-state index in [1.54, 1.807) is 6.92 Å². The molecule has 1 heterocycles. The highest BCUT2D eigenvalue weighted by atomic mass is 35.5. The van der Waals surface area contributed by atoms with E-state index in [2.05, 4.69) is 15.6 Å². The lowest BCUT2D eigenvalue weighted by Gasteiger charge is -2.23. The Bertz CT molecular complexity index is 604. The van der Waals surface area contributed by atoms with Crippen molar-refractivity contribution in [2.75, 3.05) is 0 Å². The first-order chi connectivity index (χ1) is 9.24. The third kappa shape index (κ3) is 2.60. The van der Waals surface area contributed by atoms with Gasteiger partial charge in [0.2, 0.25) is 0 Å². The summed E-state index contributed by atoms with van der Waals surface area (Å²) in [6, 6.07) is 2.46. The normalized spacial score (nSPS) is 24.1. The number of aliphatic imine (C=N–C) groups is 1. The Morgan fingerprint density at radius 1 is 1.30 bits per heavy atom. The van der Waals surface area contributed by atoms with E-state index in [1.165, 1.54) is 6.07 Å². The van der Waals surface area contributed by atoms with Gasteiger partial charge in [-0.3, -0.25) is 15.1 Å². The fourth-order valence-corrected chi connectivity index (χ4v) is 2.55. The number of nitrogens with zero attached hydrogens (tertiary/aromatic N) is 1. The van der Waals surface area contributed by atoms with E-state index in [-0.39, 0.29) is 22.0 Å². The van der Waals surface area contributed by atoms with E-state index in [9.17, 15) is 9.18 Å². The van der Waals surface area contributed by atoms with Crippen molar-refractivity contribution in [1.82, 2.24) is 10.6 Å². The minimum atomic E-state index is -1.18. The van der Waals surface area contributed by atoms with Gasteiger partial charge in [0.25, 0.3) is 5.91 Å². The summed E-state index contributed by atoms with van der Waals surface area (Å²) < 4.78 is 13.6. The van der Waals surface area contributed by atoms with E-state index >= 15 is 0 Å². The van der Waals surface area contributed by atoms with E-state index in [0.717, 1.165) is 6.07 Å². The van der Waals surface area contributed by atoms with Crippen LogP contribution in [-0.2, 0) is 10.3 Å². The Morgan fingerprint density at radius 2 is 1.95 bits per heavy atom. The predicted molar refractivity (Wildman–Crippen MR) is 77.6 cm³/mol. The Labute approximate surface area is 126 Å². The molecular formula is C13H14Cl2FN3O. The number of rotatable bonds is 2. The molecule has 1 atom stereocenters. The highest BCUT2D eigenvalue weighted by Gasteiger charge is 2.44. The predicted octanol–water partition coefficient (Wildman–Crippen LogP) is 2.83. The quantitative estimate of drug-likeness (QED) is 0.824. The van der Waals surface area contributed by atoms with Crippen LogP contribution in [0.25, 0.3) is 0 Å². The van der Waals surface area contributed by atoms with Crippen LogP contribution in [0.5, 0.6) is 0 Å². The Balaban J connectivity index is 2.46. The maximum Gasteiger partial charge on any atom is 0.256 e. The van der Waals surface area contributed by atoms with E-state index in [0.29, 0.717) is 11.5 Å². The van der Waals surface area contributed by atoms with Gasteiger partial charge in [-0.2, -0.15) is 0 Å². The maximum atomic E-state index is 13.6. The van der Waals surface area contributed by atoms with Crippen molar-refractivity contribution in [3.63, 3.8) is 0 Å². The third-order valence-corrected chi connectivity index (χ3v) is 3.59. The SMILES string of the molecule is CC(C)N=C1NC(=O)C(C)(c2cc(F)c(Cl)cc2Cl)N1. The molecular weight excluding hydrogens is 304 g/mol. The zero-order valence-corrected chi connectivity index (χ0v) is 12.7. The molecule has 108 valence electrons. The molecule has 1 aromatic carbocycles. The lowest BCUT2D eigenvalue weighted by Crippen LogP contribution is -2.41. The zero-order valence-electron chi connectivity index (χ0n) is 11.2. The first kappa shape index (κ1) is 15.1. The van der Waals surface area contributed by atoms with Crippen LogP contribution in [-0.4, -0.2) is 17.9 Å². The summed E-state index contributed by atoms with van der Waals surface area (Å²) in [6.45, 7) is 5.37. The van der Waals surface area contributed by atoms with Crippen LogP contribution in [0, 0.1) is 5.82 Å². The third-order valence-electron chi connectivity index (χ3n) is 2.99. The standard InChI is InChI=1S/C13H14Cl2FN3O/c1-6(2)17-12-18-11(20)13(3,19-12)7-4-10(16)9(15)5-8(7)14/h4-6H,1-3H3,(H2,17,18,19,20). The topological polar surface area (TPSA) is 53.5 Å². The fourth-order valence-electron chi connectivity index (χ4n) is 1.98. The van der Waals surface area contributed by atoms with Crippen LogP contribution in [0.2, 0.25) is 10.0 Å². The monoisotopic (exact) mass is 317 g/mol. The number of carbonyl (C=O) groups is 1. The van der Waals surface area contributed by atoms with Gasteiger partial charge < -0.3 is 5.32 Å². The van der Waals surface area contributed by atoms with Crippen LogP contribution in [0.3, 0.4) is 0 Å². The van der Waals surface area contributed by atoms with Gasteiger partial charge in [-0.05, 0) is 32.9 Å². The number of amides is 1. The highest BCUT2D eigenvalue weighted by molar-refractivity contribution is 6.35. The molecule has 2 N–H and O–H groups in total. The molecule has 0 radical (unpaired) electrons. The molecule has 1 saturated heterocycles. The second-order valence-electron chi connectivity index (χ2n) is 5.02. The minimum Gasteiger partial charge on any atom is -0.338 e. The Hall–Kier alpha value is -1.33. The van der Waals surface area contributed by atoms with Crippen molar-refractivity contribution in [3.8, 4) is 0 Å². The van der Waals surface area contributed by atoms with E-state index in [1.807, 2.05) is 13.8 Å². The molecule has 1 aliphatic heterocycles. The number of hydrogen-bond acceptors (Lipinski definition) is 2. The highest BCUT2D eigenvalue weighted by Crippen LogP contribution is 2.33. The van der Waals surface area contributed by atoms with E-state index in [4.69, 9.17) is 23.2 Å². The van der Waals surface area contributed by atoms with Crippen molar-refractivity contribution in [3.05, 3.63) is 33.6 Å². The van der Waals surface area contributed by atoms with Gasteiger partial charge in [-0.25, -0.2) is 4.39 Å². The number of benzene rings is 1. The summed E-state index contributed by atoms with van der Waals surface area (Å²) in [6.07, 6.45) is 0. The van der Waals surface area contributed by atoms with Crippen molar-refractivity contribution >= 4 is 35.1 Å². The van der Waals surface area contributed by atoms with Crippen LogP contribution < -0.4 is 10.6 Å². The Kier molecular flexibility index (Phi) is 3.93. The summed E-state index contributed by atoms with van der Waals surface area (Å²) in [5.41, 5.74) is -0.872. The van der Waals surface area contributed by atoms with Gasteiger partial charge in [0.15, 0.2) is 5.96 Å². The van der Waals surface area contributed by atoms with Gasteiger partial charge in [0, 0.05) is 16.6 Å². The average Bonchev–Trinajstić information content (AvgIpc) is 2.59. The molecule has 0 aromatic heterocycles. The van der Waals surface area contributed by atoms with E-state index < -0.39 is 11.4 Å². The smallest absolute Gasteiger partial charge is 0.256 e. The van der Waals surface area contributed by atoms with Crippen LogP contribution in [0.1, 0.15) is 26.3 Å². The van der Waals surface area contributed by atoms with Crippen LogP contribution in [0.15, 0.2) is 17.1 Å². The van der Waals surface area contributed by atoms with Crippen molar-refractivity contribution in [1.29, 1.82) is 0 Å². The van der Waals surface area contributed by atoms with Crippen LogP contribution >= 0.6 is 23.2 Å². The number of nitrogens with one attached hydrogen (secondary N) is 2. The maximum absolute atomic E-state index is 13.6. The van der Waals surface area contributed by atoms with Gasteiger partial charge in [0.1, 0.15) is 11.4 Å². The number of hydrogen-bond donors (Lipinski definition) is 2. The van der Waals surface area contributed by atoms with Gasteiger partial charge in [-0.1, -0.05) is 23.2 Å². The summed E-state index contributed by atoms with van der Waals surface area (Å²) in [7, 11) is 0. The number of guanidine groups is 1. The Morgan fingerprint density at radius 3 is 2.55 bits per heavy atom. The molecule has 7 heteroatoms. The molecule has 0 saturated carbocycles. The first-order valence-electron chi connectivity index (χ1n) is 6.06. The zero-order chi connectivity index (χ0) is 15.1. The van der Waals surface area contributed by atoms with Gasteiger partial charge in [0.05, 0.1) is 5.02 Å². The molecule has 0 bridgehead atoms. The molecule has 1 fully saturated rings. The second kappa shape index (κ2) is 5.22.